The molecule has 2 saturated carbocycles. The van der Waals surface area contributed by atoms with Gasteiger partial charge in [-0.25, -0.2) is 14.6 Å². The molecule has 0 bridgehead atoms. The minimum absolute atomic E-state index is 0.174. The number of aromatic nitrogens is 4. The molecule has 3 aliphatic rings. The number of halogens is 3. The molecule has 0 unspecified atom stereocenters. The van der Waals surface area contributed by atoms with E-state index in [0.29, 0.717) is 43.6 Å². The van der Waals surface area contributed by atoms with Crippen LogP contribution in [0.5, 0.6) is 0 Å². The van der Waals surface area contributed by atoms with Crippen molar-refractivity contribution in [1.82, 2.24) is 24.6 Å². The smallest absolute Gasteiger partial charge is 0.354 e. The molecule has 3 heterocycles. The molecule has 1 atom stereocenters. The summed E-state index contributed by atoms with van der Waals surface area (Å²) in [7, 11) is 0. The van der Waals surface area contributed by atoms with Crippen molar-refractivity contribution < 1.29 is 13.2 Å². The highest BCUT2D eigenvalue weighted by Gasteiger charge is 2.75. The third kappa shape index (κ3) is 3.41. The van der Waals surface area contributed by atoms with Gasteiger partial charge >= 0.3 is 6.18 Å². The van der Waals surface area contributed by atoms with Gasteiger partial charge in [0.1, 0.15) is 11.6 Å². The number of piperazine rings is 1. The van der Waals surface area contributed by atoms with Gasteiger partial charge in [-0.15, -0.1) is 0 Å². The molecule has 6 rings (SSSR count). The molecule has 2 aliphatic carbocycles. The Morgan fingerprint density at radius 1 is 1.06 bits per heavy atom. The van der Waals surface area contributed by atoms with Crippen LogP contribution in [0.3, 0.4) is 0 Å². The maximum atomic E-state index is 12.7. The Hall–Kier alpha value is -3.19. The molecule has 3 aromatic rings. The van der Waals surface area contributed by atoms with Crippen molar-refractivity contribution in [1.29, 1.82) is 5.26 Å². The number of aryl methyl sites for hydroxylation is 1. The fraction of sp³-hybridized carbons (Fsp3) is 0.500. The average molecular weight is 467 g/mol. The van der Waals surface area contributed by atoms with Gasteiger partial charge in [-0.1, -0.05) is 12.1 Å². The number of nitriles is 1. The number of benzene rings is 1. The van der Waals surface area contributed by atoms with E-state index in [1.54, 1.807) is 17.8 Å². The van der Waals surface area contributed by atoms with Gasteiger partial charge in [0.25, 0.3) is 0 Å². The molecule has 1 saturated heterocycles. The molecule has 1 aliphatic heterocycles. The fourth-order valence-corrected chi connectivity index (χ4v) is 5.51. The average Bonchev–Trinajstić information content (AvgIpc) is 3.67. The maximum Gasteiger partial charge on any atom is 0.401 e. The highest BCUT2D eigenvalue weighted by atomic mass is 19.4. The summed E-state index contributed by atoms with van der Waals surface area (Å²) in [4.78, 5) is 12.6. The standard InChI is InChI=1S/C24H24F3N7/c1-16-30-20(33-8-6-32(7-9-33)15-24(25,26)27)11-21(31-16)34-19-10-18(3-2-17(19)12-29-34)23(14-28)13-22(23)4-5-22/h2-3,10-12H,4-9,13,15H2,1H3/t23-/m0/s1. The Bertz CT molecular complexity index is 1310. The van der Waals surface area contributed by atoms with E-state index < -0.39 is 12.7 Å². The highest BCUT2D eigenvalue weighted by molar-refractivity contribution is 5.82. The first-order valence-electron chi connectivity index (χ1n) is 11.5. The highest BCUT2D eigenvalue weighted by Crippen LogP contribution is 2.78. The van der Waals surface area contributed by atoms with Crippen LogP contribution in [0.15, 0.2) is 30.5 Å². The molecule has 2 aromatic heterocycles. The van der Waals surface area contributed by atoms with E-state index in [9.17, 15) is 18.4 Å². The predicted octanol–water partition coefficient (Wildman–Crippen LogP) is 3.75. The molecule has 0 N–H and O–H groups in total. The van der Waals surface area contributed by atoms with Crippen LogP contribution in [-0.2, 0) is 5.41 Å². The Morgan fingerprint density at radius 3 is 2.44 bits per heavy atom. The van der Waals surface area contributed by atoms with E-state index in [1.807, 2.05) is 23.1 Å². The van der Waals surface area contributed by atoms with E-state index in [2.05, 4.69) is 27.2 Å². The molecule has 0 amide bonds. The van der Waals surface area contributed by atoms with Gasteiger partial charge in [0, 0.05) is 37.6 Å². The van der Waals surface area contributed by atoms with Crippen LogP contribution in [0.25, 0.3) is 16.7 Å². The van der Waals surface area contributed by atoms with E-state index in [0.717, 1.165) is 35.7 Å². The number of alkyl halides is 3. The van der Waals surface area contributed by atoms with Crippen molar-refractivity contribution in [2.45, 2.75) is 37.8 Å². The largest absolute Gasteiger partial charge is 0.401 e. The molecule has 0 radical (unpaired) electrons. The van der Waals surface area contributed by atoms with Crippen LogP contribution >= 0.6 is 0 Å². The Balaban J connectivity index is 1.30. The van der Waals surface area contributed by atoms with Gasteiger partial charge in [-0.05, 0) is 43.2 Å². The lowest BCUT2D eigenvalue weighted by Crippen LogP contribution is -2.49. The normalized spacial score (nSPS) is 23.9. The number of rotatable bonds is 4. The number of fused-ring (bicyclic) bond motifs is 1. The number of hydrogen-bond acceptors (Lipinski definition) is 6. The van der Waals surface area contributed by atoms with Gasteiger partial charge < -0.3 is 4.90 Å². The summed E-state index contributed by atoms with van der Waals surface area (Å²) in [6, 6.07) is 10.5. The minimum atomic E-state index is -4.19. The van der Waals surface area contributed by atoms with Crippen molar-refractivity contribution in [3.8, 4) is 11.9 Å². The van der Waals surface area contributed by atoms with E-state index in [-0.39, 0.29) is 10.8 Å². The zero-order chi connectivity index (χ0) is 23.7. The van der Waals surface area contributed by atoms with Gasteiger partial charge in [0.2, 0.25) is 0 Å². The zero-order valence-corrected chi connectivity index (χ0v) is 18.8. The van der Waals surface area contributed by atoms with Crippen LogP contribution in [-0.4, -0.2) is 63.5 Å². The van der Waals surface area contributed by atoms with Crippen LogP contribution < -0.4 is 4.90 Å². The van der Waals surface area contributed by atoms with E-state index >= 15 is 0 Å². The van der Waals surface area contributed by atoms with Crippen LogP contribution in [0.1, 0.15) is 30.7 Å². The predicted molar refractivity (Wildman–Crippen MR) is 120 cm³/mol. The summed E-state index contributed by atoms with van der Waals surface area (Å²) >= 11 is 0. The molecule has 1 aromatic carbocycles. The maximum absolute atomic E-state index is 12.7. The van der Waals surface area contributed by atoms with Gasteiger partial charge in [-0.2, -0.15) is 23.5 Å². The molecule has 34 heavy (non-hydrogen) atoms. The molecule has 3 fully saturated rings. The van der Waals surface area contributed by atoms with Gasteiger partial charge in [0.15, 0.2) is 5.82 Å². The Morgan fingerprint density at radius 2 is 1.79 bits per heavy atom. The quantitative estimate of drug-likeness (QED) is 0.582. The molecule has 1 spiro atoms. The Kier molecular flexibility index (Phi) is 4.49. The third-order valence-corrected chi connectivity index (χ3v) is 7.62. The van der Waals surface area contributed by atoms with E-state index in [1.165, 1.54) is 4.90 Å². The summed E-state index contributed by atoms with van der Waals surface area (Å²) in [5.41, 5.74) is 1.70. The van der Waals surface area contributed by atoms with Crippen molar-refractivity contribution in [2.24, 2.45) is 5.41 Å². The summed E-state index contributed by atoms with van der Waals surface area (Å²) in [6.07, 6.45) is 0.744. The summed E-state index contributed by atoms with van der Waals surface area (Å²) in [6.45, 7) is 2.48. The number of hydrogen-bond donors (Lipinski definition) is 0. The van der Waals surface area contributed by atoms with Crippen LogP contribution in [0.4, 0.5) is 19.0 Å². The zero-order valence-electron chi connectivity index (χ0n) is 18.8. The van der Waals surface area contributed by atoms with Gasteiger partial charge in [-0.3, -0.25) is 4.90 Å². The lowest BCUT2D eigenvalue weighted by atomic mass is 9.93. The topological polar surface area (TPSA) is 73.9 Å². The van der Waals surface area contributed by atoms with Crippen molar-refractivity contribution in [3.63, 3.8) is 0 Å². The lowest BCUT2D eigenvalue weighted by Gasteiger charge is -2.35. The summed E-state index contributed by atoms with van der Waals surface area (Å²) in [5.74, 6) is 1.86. The Labute approximate surface area is 194 Å². The number of nitrogens with zero attached hydrogens (tertiary/aromatic N) is 7. The third-order valence-electron chi connectivity index (χ3n) is 7.62. The van der Waals surface area contributed by atoms with Gasteiger partial charge in [0.05, 0.1) is 29.7 Å². The second kappa shape index (κ2) is 7.15. The first kappa shape index (κ1) is 21.4. The summed E-state index contributed by atoms with van der Waals surface area (Å²) in [5, 5.41) is 15.4. The fourth-order valence-electron chi connectivity index (χ4n) is 5.51. The molecular weight excluding hydrogens is 443 g/mol. The SMILES string of the molecule is Cc1nc(N2CCN(CC(F)(F)F)CC2)cc(-n2ncc3ccc([C@@]4(C#N)CC45CC5)cc32)n1. The van der Waals surface area contributed by atoms with Crippen LogP contribution in [0, 0.1) is 23.7 Å². The van der Waals surface area contributed by atoms with Crippen molar-refractivity contribution in [3.05, 3.63) is 41.9 Å². The van der Waals surface area contributed by atoms with Crippen molar-refractivity contribution in [2.75, 3.05) is 37.6 Å². The molecular formula is C24H24F3N7. The first-order valence-corrected chi connectivity index (χ1v) is 11.5. The monoisotopic (exact) mass is 467 g/mol. The van der Waals surface area contributed by atoms with E-state index in [4.69, 9.17) is 0 Å². The summed E-state index contributed by atoms with van der Waals surface area (Å²) < 4.78 is 39.9. The first-order chi connectivity index (χ1) is 16.2. The minimum Gasteiger partial charge on any atom is -0.354 e. The molecule has 7 nitrogen and oxygen atoms in total. The number of anilines is 1. The second-order valence-electron chi connectivity index (χ2n) is 9.81. The molecule has 10 heteroatoms. The lowest BCUT2D eigenvalue weighted by molar-refractivity contribution is -0.146. The van der Waals surface area contributed by atoms with Crippen molar-refractivity contribution >= 4 is 16.7 Å². The second-order valence-corrected chi connectivity index (χ2v) is 9.81. The van der Waals surface area contributed by atoms with Crippen LogP contribution in [0.2, 0.25) is 0 Å². The molecule has 176 valence electrons.